The first-order valence-electron chi connectivity index (χ1n) is 5.44. The van der Waals surface area contributed by atoms with Crippen molar-refractivity contribution in [1.82, 2.24) is 0 Å². The number of hydrogen-bond donors (Lipinski definition) is 1. The fraction of sp³-hybridized carbons (Fsp3) is 0.417. The van der Waals surface area contributed by atoms with E-state index in [2.05, 4.69) is 10.3 Å². The molecule has 98 valence electrons. The Morgan fingerprint density at radius 2 is 1.94 bits per heavy atom. The maximum atomic E-state index is 12.8. The fourth-order valence-electron chi connectivity index (χ4n) is 1.60. The molecule has 1 aromatic rings. The standard InChI is InChI=1S/C12H13F3N2S/c1-11(2)7-18-10(17-11)16-9-6-4-3-5-8(9)12(13,14)15/h3-6H,7H2,1-2H3,(H,16,17). The topological polar surface area (TPSA) is 24.4 Å². The Labute approximate surface area is 108 Å². The van der Waals surface area contributed by atoms with E-state index in [0.29, 0.717) is 5.17 Å². The molecule has 1 aliphatic heterocycles. The number of nitrogens with one attached hydrogen (secondary N) is 1. The van der Waals surface area contributed by atoms with Gasteiger partial charge in [0.2, 0.25) is 0 Å². The predicted molar refractivity (Wildman–Crippen MR) is 69.0 cm³/mol. The minimum Gasteiger partial charge on any atom is -0.334 e. The average molecular weight is 274 g/mol. The number of halogens is 3. The molecule has 0 atom stereocenters. The molecule has 0 radical (unpaired) electrons. The highest BCUT2D eigenvalue weighted by molar-refractivity contribution is 8.14. The zero-order valence-electron chi connectivity index (χ0n) is 10.0. The molecule has 0 aliphatic carbocycles. The number of alkyl halides is 3. The van der Waals surface area contributed by atoms with E-state index in [9.17, 15) is 13.2 Å². The van der Waals surface area contributed by atoms with Crippen molar-refractivity contribution in [3.63, 3.8) is 0 Å². The van der Waals surface area contributed by atoms with Gasteiger partial charge in [-0.1, -0.05) is 23.9 Å². The van der Waals surface area contributed by atoms with E-state index in [-0.39, 0.29) is 11.2 Å². The second-order valence-corrected chi connectivity index (χ2v) is 5.65. The lowest BCUT2D eigenvalue weighted by Crippen LogP contribution is -2.16. The molecule has 6 heteroatoms. The summed E-state index contributed by atoms with van der Waals surface area (Å²) in [4.78, 5) is 4.34. The maximum Gasteiger partial charge on any atom is 0.418 e. The van der Waals surface area contributed by atoms with E-state index in [0.717, 1.165) is 11.8 Å². The zero-order chi connectivity index (χ0) is 13.4. The van der Waals surface area contributed by atoms with Crippen molar-refractivity contribution in [3.05, 3.63) is 29.8 Å². The average Bonchev–Trinajstić information content (AvgIpc) is 2.57. The van der Waals surface area contributed by atoms with Crippen LogP contribution in [0.3, 0.4) is 0 Å². The maximum absolute atomic E-state index is 12.8. The van der Waals surface area contributed by atoms with Crippen molar-refractivity contribution in [3.8, 4) is 0 Å². The highest BCUT2D eigenvalue weighted by atomic mass is 32.2. The molecule has 0 saturated heterocycles. The SMILES string of the molecule is CC1(C)CSC(Nc2ccccc2C(F)(F)F)=N1. The predicted octanol–water partition coefficient (Wildman–Crippen LogP) is 4.00. The summed E-state index contributed by atoms with van der Waals surface area (Å²) in [6, 6.07) is 5.43. The smallest absolute Gasteiger partial charge is 0.334 e. The van der Waals surface area contributed by atoms with Crippen LogP contribution in [0.2, 0.25) is 0 Å². The third-order valence-corrected chi connectivity index (χ3v) is 3.76. The Hall–Kier alpha value is -1.17. The van der Waals surface area contributed by atoms with Gasteiger partial charge >= 0.3 is 6.18 Å². The number of anilines is 1. The Morgan fingerprint density at radius 3 is 2.50 bits per heavy atom. The molecule has 2 rings (SSSR count). The molecule has 0 amide bonds. The first-order valence-corrected chi connectivity index (χ1v) is 6.42. The summed E-state index contributed by atoms with van der Waals surface area (Å²) in [6.45, 7) is 3.90. The molecule has 18 heavy (non-hydrogen) atoms. The van der Waals surface area contributed by atoms with Crippen LogP contribution >= 0.6 is 11.8 Å². The number of hydrogen-bond acceptors (Lipinski definition) is 3. The van der Waals surface area contributed by atoms with Crippen molar-refractivity contribution in [2.45, 2.75) is 25.6 Å². The van der Waals surface area contributed by atoms with Crippen LogP contribution < -0.4 is 5.32 Å². The lowest BCUT2D eigenvalue weighted by Gasteiger charge is -2.13. The fourth-order valence-corrected chi connectivity index (χ4v) is 2.65. The van der Waals surface area contributed by atoms with Gasteiger partial charge in [0.15, 0.2) is 5.17 Å². The lowest BCUT2D eigenvalue weighted by atomic mass is 10.1. The Morgan fingerprint density at radius 1 is 1.28 bits per heavy atom. The number of aliphatic imine (C=N–C) groups is 1. The van der Waals surface area contributed by atoms with Crippen molar-refractivity contribution < 1.29 is 13.2 Å². The lowest BCUT2D eigenvalue weighted by molar-refractivity contribution is -0.136. The van der Waals surface area contributed by atoms with E-state index in [4.69, 9.17) is 0 Å². The monoisotopic (exact) mass is 274 g/mol. The van der Waals surface area contributed by atoms with Crippen LogP contribution in [0.4, 0.5) is 18.9 Å². The van der Waals surface area contributed by atoms with Crippen molar-refractivity contribution in [2.24, 2.45) is 4.99 Å². The number of thioether (sulfide) groups is 1. The van der Waals surface area contributed by atoms with Crippen molar-refractivity contribution in [1.29, 1.82) is 0 Å². The summed E-state index contributed by atoms with van der Waals surface area (Å²) in [7, 11) is 0. The minimum atomic E-state index is -4.36. The van der Waals surface area contributed by atoms with Gasteiger partial charge in [-0.2, -0.15) is 13.2 Å². The van der Waals surface area contributed by atoms with Crippen molar-refractivity contribution >= 4 is 22.6 Å². The summed E-state index contributed by atoms with van der Waals surface area (Å²) >= 11 is 1.44. The molecule has 0 fully saturated rings. The van der Waals surface area contributed by atoms with Gasteiger partial charge < -0.3 is 5.32 Å². The van der Waals surface area contributed by atoms with E-state index < -0.39 is 11.7 Å². The molecule has 1 aliphatic rings. The molecule has 0 unspecified atom stereocenters. The van der Waals surface area contributed by atoms with Gasteiger partial charge in [-0.3, -0.25) is 4.99 Å². The molecular formula is C12H13F3N2S. The van der Waals surface area contributed by atoms with Gasteiger partial charge in [-0.05, 0) is 26.0 Å². The van der Waals surface area contributed by atoms with E-state index in [1.807, 2.05) is 13.8 Å². The summed E-state index contributed by atoms with van der Waals surface area (Å²) in [6.07, 6.45) is -4.36. The van der Waals surface area contributed by atoms with Gasteiger partial charge in [0.1, 0.15) is 0 Å². The number of rotatable bonds is 1. The molecule has 1 aromatic carbocycles. The normalized spacial score (nSPS) is 18.6. The number of para-hydroxylation sites is 1. The number of nitrogens with zero attached hydrogens (tertiary/aromatic N) is 1. The second kappa shape index (κ2) is 4.50. The van der Waals surface area contributed by atoms with Gasteiger partial charge in [0, 0.05) is 5.75 Å². The first kappa shape index (κ1) is 13.3. The van der Waals surface area contributed by atoms with Crippen LogP contribution in [0, 0.1) is 0 Å². The van der Waals surface area contributed by atoms with Crippen LogP contribution in [0.15, 0.2) is 29.3 Å². The minimum absolute atomic E-state index is 0.0500. The molecule has 2 nitrogen and oxygen atoms in total. The Balaban J connectivity index is 2.26. The largest absolute Gasteiger partial charge is 0.418 e. The first-order chi connectivity index (χ1) is 8.28. The molecular weight excluding hydrogens is 261 g/mol. The number of benzene rings is 1. The Kier molecular flexibility index (Phi) is 3.31. The van der Waals surface area contributed by atoms with Gasteiger partial charge in [-0.25, -0.2) is 0 Å². The van der Waals surface area contributed by atoms with E-state index in [1.165, 1.54) is 23.9 Å². The van der Waals surface area contributed by atoms with Crippen molar-refractivity contribution in [2.75, 3.05) is 11.1 Å². The third-order valence-electron chi connectivity index (χ3n) is 2.44. The third kappa shape index (κ3) is 2.98. The van der Waals surface area contributed by atoms with Crippen LogP contribution in [0.5, 0.6) is 0 Å². The highest BCUT2D eigenvalue weighted by Crippen LogP contribution is 2.36. The molecule has 0 aromatic heterocycles. The highest BCUT2D eigenvalue weighted by Gasteiger charge is 2.34. The molecule has 0 spiro atoms. The summed E-state index contributed by atoms with van der Waals surface area (Å²) < 4.78 is 38.4. The quantitative estimate of drug-likeness (QED) is 0.837. The zero-order valence-corrected chi connectivity index (χ0v) is 10.8. The second-order valence-electron chi connectivity index (χ2n) is 4.69. The summed E-state index contributed by atoms with van der Waals surface area (Å²) in [5, 5.41) is 3.30. The van der Waals surface area contributed by atoms with Gasteiger partial charge in [0.05, 0.1) is 16.8 Å². The van der Waals surface area contributed by atoms with Gasteiger partial charge in [-0.15, -0.1) is 0 Å². The molecule has 1 N–H and O–H groups in total. The van der Waals surface area contributed by atoms with Crippen LogP contribution in [-0.2, 0) is 6.18 Å². The van der Waals surface area contributed by atoms with E-state index in [1.54, 1.807) is 6.07 Å². The summed E-state index contributed by atoms with van der Waals surface area (Å²) in [5.41, 5.74) is -0.841. The molecule has 0 saturated carbocycles. The molecule has 1 heterocycles. The van der Waals surface area contributed by atoms with Gasteiger partial charge in [0.25, 0.3) is 0 Å². The van der Waals surface area contributed by atoms with Crippen LogP contribution in [-0.4, -0.2) is 16.5 Å². The summed E-state index contributed by atoms with van der Waals surface area (Å²) in [5.74, 6) is 0.767. The molecule has 0 bridgehead atoms. The Bertz CT molecular complexity index is 480. The van der Waals surface area contributed by atoms with E-state index >= 15 is 0 Å². The van der Waals surface area contributed by atoms with Crippen LogP contribution in [0.25, 0.3) is 0 Å². The van der Waals surface area contributed by atoms with Crippen LogP contribution in [0.1, 0.15) is 19.4 Å². The number of amidine groups is 1.